The predicted octanol–water partition coefficient (Wildman–Crippen LogP) is 6.40. The van der Waals surface area contributed by atoms with Crippen LogP contribution in [0.5, 0.6) is 0 Å². The molecule has 0 aromatic heterocycles. The van der Waals surface area contributed by atoms with Gasteiger partial charge >= 0.3 is 0 Å². The van der Waals surface area contributed by atoms with Crippen LogP contribution in [-0.2, 0) is 32.6 Å². The first kappa shape index (κ1) is 33.7. The smallest absolute Gasteiger partial charge is 0.264 e. The number of nitrogens with one attached hydrogen (secondary N) is 1. The predicted molar refractivity (Wildman–Crippen MR) is 176 cm³/mol. The van der Waals surface area contributed by atoms with Gasteiger partial charge in [0.15, 0.2) is 0 Å². The number of rotatable bonds is 13. The quantitative estimate of drug-likeness (QED) is 0.182. The maximum Gasteiger partial charge on any atom is 0.264 e. The molecule has 0 heterocycles. The van der Waals surface area contributed by atoms with Gasteiger partial charge in [0.1, 0.15) is 18.4 Å². The van der Waals surface area contributed by atoms with Crippen molar-refractivity contribution >= 4 is 39.1 Å². The number of amides is 2. The largest absolute Gasteiger partial charge is 0.354 e. The molecule has 1 atom stereocenters. The lowest BCUT2D eigenvalue weighted by Gasteiger charge is -2.34. The fourth-order valence-corrected chi connectivity index (χ4v) is 6.64. The number of benzene rings is 4. The Morgan fingerprint density at radius 3 is 2.13 bits per heavy atom. The van der Waals surface area contributed by atoms with Gasteiger partial charge < -0.3 is 10.2 Å². The minimum atomic E-state index is -4.26. The van der Waals surface area contributed by atoms with Gasteiger partial charge in [-0.3, -0.25) is 13.9 Å². The van der Waals surface area contributed by atoms with Crippen LogP contribution in [0.15, 0.2) is 108 Å². The van der Waals surface area contributed by atoms with E-state index >= 15 is 4.39 Å². The lowest BCUT2D eigenvalue weighted by atomic mass is 10.0. The standard InChI is InChI=1S/C35H37ClFN3O4S/c1-25(2)22-38-35(42)33(21-27-12-6-4-7-13-27)39(23-28-14-10-11-17-31(28)37)34(41)24-40(32-19-18-29(36)20-26(32)3)45(43,44)30-15-8-5-9-16-30/h4-20,25,33H,21-24H2,1-3H3,(H,38,42). The van der Waals surface area contributed by atoms with Gasteiger partial charge in [0.25, 0.3) is 10.0 Å². The SMILES string of the molecule is Cc1cc(Cl)ccc1N(CC(=O)N(Cc1ccccc1F)C(Cc1ccccc1)C(=O)NCC(C)C)S(=O)(=O)c1ccccc1. The first-order chi connectivity index (χ1) is 21.5. The number of hydrogen-bond donors (Lipinski definition) is 1. The average molecular weight is 650 g/mol. The lowest BCUT2D eigenvalue weighted by molar-refractivity contribution is -0.140. The molecule has 1 N–H and O–H groups in total. The van der Waals surface area contributed by atoms with E-state index in [4.69, 9.17) is 11.6 Å². The van der Waals surface area contributed by atoms with E-state index in [0.29, 0.717) is 17.1 Å². The van der Waals surface area contributed by atoms with Gasteiger partial charge in [-0.2, -0.15) is 0 Å². The summed E-state index contributed by atoms with van der Waals surface area (Å²) >= 11 is 6.20. The van der Waals surface area contributed by atoms with Crippen molar-refractivity contribution in [2.45, 2.75) is 44.7 Å². The second-order valence-electron chi connectivity index (χ2n) is 11.2. The van der Waals surface area contributed by atoms with E-state index < -0.39 is 40.2 Å². The van der Waals surface area contributed by atoms with Crippen LogP contribution in [0, 0.1) is 18.7 Å². The van der Waals surface area contributed by atoms with Gasteiger partial charge in [-0.1, -0.05) is 92.2 Å². The zero-order valence-corrected chi connectivity index (χ0v) is 27.1. The molecule has 0 saturated carbocycles. The molecule has 236 valence electrons. The summed E-state index contributed by atoms with van der Waals surface area (Å²) < 4.78 is 44.2. The van der Waals surface area contributed by atoms with Crippen molar-refractivity contribution in [3.8, 4) is 0 Å². The molecule has 4 aromatic rings. The second kappa shape index (κ2) is 15.2. The fraction of sp³-hybridized carbons (Fsp3) is 0.257. The third-order valence-electron chi connectivity index (χ3n) is 7.29. The van der Waals surface area contributed by atoms with E-state index in [1.807, 2.05) is 44.2 Å². The first-order valence-electron chi connectivity index (χ1n) is 14.7. The Hall–Kier alpha value is -4.21. The third kappa shape index (κ3) is 8.71. The van der Waals surface area contributed by atoms with Gasteiger partial charge in [0.05, 0.1) is 10.6 Å². The number of halogens is 2. The van der Waals surface area contributed by atoms with E-state index in [-0.39, 0.29) is 35.0 Å². The minimum Gasteiger partial charge on any atom is -0.354 e. The molecule has 4 rings (SSSR count). The highest BCUT2D eigenvalue weighted by atomic mass is 35.5. The van der Waals surface area contributed by atoms with Gasteiger partial charge in [0, 0.05) is 30.1 Å². The number of aryl methyl sites for hydroxylation is 1. The summed E-state index contributed by atoms with van der Waals surface area (Å²) in [6, 6.07) is 26.7. The summed E-state index contributed by atoms with van der Waals surface area (Å²) in [5, 5.41) is 3.33. The van der Waals surface area contributed by atoms with Gasteiger partial charge in [-0.25, -0.2) is 12.8 Å². The Morgan fingerprint density at radius 2 is 1.51 bits per heavy atom. The number of anilines is 1. The molecule has 0 aliphatic heterocycles. The summed E-state index contributed by atoms with van der Waals surface area (Å²) in [6.07, 6.45) is 0.135. The topological polar surface area (TPSA) is 86.8 Å². The van der Waals surface area contributed by atoms with E-state index in [1.54, 1.807) is 61.5 Å². The van der Waals surface area contributed by atoms with Crippen molar-refractivity contribution in [1.82, 2.24) is 10.2 Å². The van der Waals surface area contributed by atoms with Crippen LogP contribution < -0.4 is 9.62 Å². The van der Waals surface area contributed by atoms with E-state index in [1.165, 1.54) is 23.1 Å². The summed E-state index contributed by atoms with van der Waals surface area (Å²) in [5.74, 6) is -1.50. The van der Waals surface area contributed by atoms with E-state index in [2.05, 4.69) is 5.32 Å². The zero-order chi connectivity index (χ0) is 32.6. The summed E-state index contributed by atoms with van der Waals surface area (Å²) in [7, 11) is -4.26. The van der Waals surface area contributed by atoms with Crippen LogP contribution in [0.3, 0.4) is 0 Å². The first-order valence-corrected chi connectivity index (χ1v) is 16.5. The molecule has 0 aliphatic carbocycles. The molecule has 0 saturated heterocycles. The third-order valence-corrected chi connectivity index (χ3v) is 9.30. The monoisotopic (exact) mass is 649 g/mol. The highest BCUT2D eigenvalue weighted by molar-refractivity contribution is 7.92. The molecule has 45 heavy (non-hydrogen) atoms. The molecule has 0 aliphatic rings. The summed E-state index contributed by atoms with van der Waals surface area (Å²) in [4.78, 5) is 29.5. The Bertz CT molecular complexity index is 1720. The molecular weight excluding hydrogens is 613 g/mol. The van der Waals surface area contributed by atoms with Gasteiger partial charge in [-0.15, -0.1) is 0 Å². The van der Waals surface area contributed by atoms with Gasteiger partial charge in [-0.05, 0) is 60.4 Å². The highest BCUT2D eigenvalue weighted by Crippen LogP contribution is 2.29. The van der Waals surface area contributed by atoms with Crippen molar-refractivity contribution in [2.75, 3.05) is 17.4 Å². The molecule has 7 nitrogen and oxygen atoms in total. The Labute approximate surface area is 269 Å². The fourth-order valence-electron chi connectivity index (χ4n) is 4.92. The molecule has 1 unspecified atom stereocenters. The van der Waals surface area contributed by atoms with Crippen molar-refractivity contribution in [2.24, 2.45) is 5.92 Å². The van der Waals surface area contributed by atoms with Crippen LogP contribution in [0.4, 0.5) is 10.1 Å². The molecule has 0 fully saturated rings. The average Bonchev–Trinajstić information content (AvgIpc) is 3.02. The minimum absolute atomic E-state index is 0.0108. The van der Waals surface area contributed by atoms with E-state index in [0.717, 1.165) is 9.87 Å². The Morgan fingerprint density at radius 1 is 0.889 bits per heavy atom. The Balaban J connectivity index is 1.82. The number of hydrogen-bond acceptors (Lipinski definition) is 4. The molecule has 0 radical (unpaired) electrons. The summed E-state index contributed by atoms with van der Waals surface area (Å²) in [6.45, 7) is 5.08. The second-order valence-corrected chi connectivity index (χ2v) is 13.5. The molecular formula is C35H37ClFN3O4S. The number of carbonyl (C=O) groups is 2. The lowest BCUT2D eigenvalue weighted by Crippen LogP contribution is -2.54. The molecule has 0 spiro atoms. The van der Waals surface area contributed by atoms with Crippen molar-refractivity contribution in [3.63, 3.8) is 0 Å². The van der Waals surface area contributed by atoms with Crippen molar-refractivity contribution in [3.05, 3.63) is 131 Å². The highest BCUT2D eigenvalue weighted by Gasteiger charge is 2.35. The maximum atomic E-state index is 15.0. The normalized spacial score (nSPS) is 12.0. The van der Waals surface area contributed by atoms with E-state index in [9.17, 15) is 18.0 Å². The van der Waals surface area contributed by atoms with Crippen LogP contribution in [0.1, 0.15) is 30.5 Å². The van der Waals surface area contributed by atoms with Gasteiger partial charge in [0.2, 0.25) is 11.8 Å². The van der Waals surface area contributed by atoms with Crippen LogP contribution in [0.2, 0.25) is 5.02 Å². The summed E-state index contributed by atoms with van der Waals surface area (Å²) in [5.41, 5.74) is 1.77. The molecule has 4 aromatic carbocycles. The maximum absolute atomic E-state index is 15.0. The Kier molecular flexibility index (Phi) is 11.4. The number of nitrogens with zero attached hydrogens (tertiary/aromatic N) is 2. The van der Waals surface area contributed by atoms with Crippen molar-refractivity contribution in [1.29, 1.82) is 0 Å². The zero-order valence-electron chi connectivity index (χ0n) is 25.5. The van der Waals surface area contributed by atoms with Crippen LogP contribution in [-0.4, -0.2) is 44.3 Å². The van der Waals surface area contributed by atoms with Crippen molar-refractivity contribution < 1.29 is 22.4 Å². The molecule has 2 amide bonds. The number of sulfonamides is 1. The molecule has 10 heteroatoms. The van der Waals surface area contributed by atoms with Crippen LogP contribution in [0.25, 0.3) is 0 Å². The van der Waals surface area contributed by atoms with Crippen LogP contribution >= 0.6 is 11.6 Å². The number of carbonyl (C=O) groups excluding carboxylic acids is 2. The molecule has 0 bridgehead atoms.